The first kappa shape index (κ1) is 20.3. The van der Waals surface area contributed by atoms with E-state index in [-0.39, 0.29) is 34.7 Å². The fourth-order valence-corrected chi connectivity index (χ4v) is 2.91. The van der Waals surface area contributed by atoms with Crippen LogP contribution in [0.25, 0.3) is 0 Å². The van der Waals surface area contributed by atoms with E-state index in [0.717, 1.165) is 12.8 Å². The molecule has 0 aromatic carbocycles. The third-order valence-electron chi connectivity index (χ3n) is 4.01. The zero-order valence-electron chi connectivity index (χ0n) is 15.7. The Morgan fingerprint density at radius 3 is 2.62 bits per heavy atom. The van der Waals surface area contributed by atoms with E-state index in [1.54, 1.807) is 4.90 Å². The molecule has 144 valence electrons. The number of hydrogen-bond donors (Lipinski definition) is 0. The summed E-state index contributed by atoms with van der Waals surface area (Å²) in [7, 11) is 1.28. The summed E-state index contributed by atoms with van der Waals surface area (Å²) >= 11 is 6.22. The first-order valence-corrected chi connectivity index (χ1v) is 8.89. The minimum Gasteiger partial charge on any atom is -0.471 e. The lowest BCUT2D eigenvalue weighted by molar-refractivity contribution is -0.00596. The standard InChI is InChI=1S/C18H25ClN2O5/c1-11-6-7-12(10-21(11)17(23)26-18(2,3)4)25-15-14(19)13(8-9-20-15)16(22)24-5/h8-9,11-12H,6-7,10H2,1-5H3. The number of piperidine rings is 1. The summed E-state index contributed by atoms with van der Waals surface area (Å²) in [6.45, 7) is 7.82. The van der Waals surface area contributed by atoms with Gasteiger partial charge in [-0.25, -0.2) is 14.6 Å². The average molecular weight is 385 g/mol. The highest BCUT2D eigenvalue weighted by molar-refractivity contribution is 6.34. The molecule has 2 atom stereocenters. The van der Waals surface area contributed by atoms with E-state index in [1.807, 2.05) is 27.7 Å². The van der Waals surface area contributed by atoms with Gasteiger partial charge < -0.3 is 19.1 Å². The second kappa shape index (κ2) is 8.12. The predicted molar refractivity (Wildman–Crippen MR) is 96.6 cm³/mol. The van der Waals surface area contributed by atoms with Crippen LogP contribution in [0.5, 0.6) is 5.88 Å². The molecule has 0 bridgehead atoms. The van der Waals surface area contributed by atoms with Crippen LogP contribution in [-0.2, 0) is 9.47 Å². The minimum atomic E-state index is -0.565. The molecular weight excluding hydrogens is 360 g/mol. The van der Waals surface area contributed by atoms with Crippen molar-refractivity contribution in [3.05, 3.63) is 22.8 Å². The summed E-state index contributed by atoms with van der Waals surface area (Å²) in [5.74, 6) is -0.409. The molecule has 8 heteroatoms. The third-order valence-corrected chi connectivity index (χ3v) is 4.37. The number of methoxy groups -OCH3 is 1. The number of ether oxygens (including phenoxy) is 3. The second-order valence-electron chi connectivity index (χ2n) is 7.27. The molecule has 7 nitrogen and oxygen atoms in total. The van der Waals surface area contributed by atoms with Crippen molar-refractivity contribution < 1.29 is 23.8 Å². The number of amides is 1. The number of likely N-dealkylation sites (tertiary alicyclic amines) is 1. The molecule has 1 aromatic heterocycles. The first-order chi connectivity index (χ1) is 12.1. The molecule has 1 aliphatic rings. The second-order valence-corrected chi connectivity index (χ2v) is 7.65. The zero-order valence-corrected chi connectivity index (χ0v) is 16.5. The van der Waals surface area contributed by atoms with E-state index in [4.69, 9.17) is 25.8 Å². The van der Waals surface area contributed by atoms with Gasteiger partial charge in [0.05, 0.1) is 19.2 Å². The molecule has 1 amide bonds. The van der Waals surface area contributed by atoms with E-state index in [1.165, 1.54) is 19.4 Å². The van der Waals surface area contributed by atoms with Crippen LogP contribution in [0.3, 0.4) is 0 Å². The van der Waals surface area contributed by atoms with Gasteiger partial charge in [-0.2, -0.15) is 0 Å². The van der Waals surface area contributed by atoms with E-state index in [0.29, 0.717) is 6.54 Å². The number of carbonyl (C=O) groups is 2. The Kier molecular flexibility index (Phi) is 6.34. The Morgan fingerprint density at radius 2 is 2.00 bits per heavy atom. The number of carbonyl (C=O) groups excluding carboxylic acids is 2. The van der Waals surface area contributed by atoms with E-state index >= 15 is 0 Å². The van der Waals surface area contributed by atoms with Crippen molar-refractivity contribution in [2.45, 2.75) is 58.3 Å². The summed E-state index contributed by atoms with van der Waals surface area (Å²) < 4.78 is 16.0. The highest BCUT2D eigenvalue weighted by Gasteiger charge is 2.33. The lowest BCUT2D eigenvalue weighted by Gasteiger charge is -2.38. The number of nitrogens with zero attached hydrogens (tertiary/aromatic N) is 2. The topological polar surface area (TPSA) is 78.0 Å². The van der Waals surface area contributed by atoms with Crippen molar-refractivity contribution in [1.82, 2.24) is 9.88 Å². The predicted octanol–water partition coefficient (Wildman–Crippen LogP) is 3.69. The van der Waals surface area contributed by atoms with E-state index in [9.17, 15) is 9.59 Å². The van der Waals surface area contributed by atoms with Crippen LogP contribution < -0.4 is 4.74 Å². The minimum absolute atomic E-state index is 0.0505. The van der Waals surface area contributed by atoms with Gasteiger partial charge in [-0.1, -0.05) is 11.6 Å². The number of pyridine rings is 1. The molecule has 0 radical (unpaired) electrons. The monoisotopic (exact) mass is 384 g/mol. The quantitative estimate of drug-likeness (QED) is 0.739. The van der Waals surface area contributed by atoms with Gasteiger partial charge in [0, 0.05) is 12.2 Å². The van der Waals surface area contributed by atoms with Crippen LogP contribution in [0.4, 0.5) is 4.79 Å². The van der Waals surface area contributed by atoms with Gasteiger partial charge in [0.25, 0.3) is 0 Å². The average Bonchev–Trinajstić information content (AvgIpc) is 2.56. The third kappa shape index (κ3) is 5.00. The van der Waals surface area contributed by atoms with Crippen LogP contribution in [0.2, 0.25) is 5.02 Å². The largest absolute Gasteiger partial charge is 0.471 e. The Morgan fingerprint density at radius 1 is 1.31 bits per heavy atom. The number of hydrogen-bond acceptors (Lipinski definition) is 6. The smallest absolute Gasteiger partial charge is 0.410 e. The van der Waals surface area contributed by atoms with Gasteiger partial charge in [0.15, 0.2) is 0 Å². The molecule has 2 rings (SSSR count). The van der Waals surface area contributed by atoms with Gasteiger partial charge in [0.1, 0.15) is 16.7 Å². The van der Waals surface area contributed by atoms with Crippen LogP contribution in [0, 0.1) is 0 Å². The van der Waals surface area contributed by atoms with Crippen molar-refractivity contribution in [2.75, 3.05) is 13.7 Å². The summed E-state index contributed by atoms with van der Waals surface area (Å²) in [5.41, 5.74) is -0.378. The molecule has 1 aromatic rings. The van der Waals surface area contributed by atoms with Crippen molar-refractivity contribution >= 4 is 23.7 Å². The lowest BCUT2D eigenvalue weighted by atomic mass is 10.0. The maximum atomic E-state index is 12.4. The normalized spacial score (nSPS) is 20.5. The highest BCUT2D eigenvalue weighted by atomic mass is 35.5. The molecule has 1 fully saturated rings. The maximum Gasteiger partial charge on any atom is 0.410 e. The van der Waals surface area contributed by atoms with Gasteiger partial charge in [-0.05, 0) is 46.6 Å². The summed E-state index contributed by atoms with van der Waals surface area (Å²) in [6, 6.07) is 1.52. The van der Waals surface area contributed by atoms with Gasteiger partial charge >= 0.3 is 12.1 Å². The Bertz CT molecular complexity index is 674. The first-order valence-electron chi connectivity index (χ1n) is 8.51. The number of aromatic nitrogens is 1. The highest BCUT2D eigenvalue weighted by Crippen LogP contribution is 2.29. The van der Waals surface area contributed by atoms with Gasteiger partial charge in [-0.3, -0.25) is 0 Å². The SMILES string of the molecule is COC(=O)c1ccnc(OC2CCC(C)N(C(=O)OC(C)(C)C)C2)c1Cl. The Labute approximate surface area is 158 Å². The molecule has 0 aliphatic carbocycles. The van der Waals surface area contributed by atoms with Crippen molar-refractivity contribution in [3.63, 3.8) is 0 Å². The van der Waals surface area contributed by atoms with Crippen LogP contribution >= 0.6 is 11.6 Å². The van der Waals surface area contributed by atoms with Gasteiger partial charge in [0.2, 0.25) is 5.88 Å². The summed E-state index contributed by atoms with van der Waals surface area (Å²) in [4.78, 5) is 29.9. The van der Waals surface area contributed by atoms with E-state index in [2.05, 4.69) is 4.98 Å². The molecule has 0 saturated carbocycles. The molecule has 1 aliphatic heterocycles. The fraction of sp³-hybridized carbons (Fsp3) is 0.611. The lowest BCUT2D eigenvalue weighted by Crippen LogP contribution is -2.50. The zero-order chi connectivity index (χ0) is 19.5. The molecular formula is C18H25ClN2O5. The van der Waals surface area contributed by atoms with Crippen molar-refractivity contribution in [3.8, 4) is 5.88 Å². The Hall–Kier alpha value is -2.02. The Balaban J connectivity index is 2.11. The maximum absolute atomic E-state index is 12.4. The fourth-order valence-electron chi connectivity index (χ4n) is 2.68. The molecule has 2 heterocycles. The summed E-state index contributed by atoms with van der Waals surface area (Å²) in [6.07, 6.45) is 2.27. The van der Waals surface area contributed by atoms with Crippen LogP contribution in [-0.4, -0.2) is 53.3 Å². The number of halogens is 1. The number of rotatable bonds is 3. The van der Waals surface area contributed by atoms with Crippen LogP contribution in [0.1, 0.15) is 50.9 Å². The number of esters is 1. The summed E-state index contributed by atoms with van der Waals surface area (Å²) in [5, 5.41) is 0.0989. The van der Waals surface area contributed by atoms with Crippen molar-refractivity contribution in [1.29, 1.82) is 0 Å². The van der Waals surface area contributed by atoms with E-state index < -0.39 is 11.6 Å². The molecule has 26 heavy (non-hydrogen) atoms. The molecule has 2 unspecified atom stereocenters. The molecule has 1 saturated heterocycles. The molecule has 0 N–H and O–H groups in total. The van der Waals surface area contributed by atoms with Crippen LogP contribution in [0.15, 0.2) is 12.3 Å². The van der Waals surface area contributed by atoms with Gasteiger partial charge in [-0.15, -0.1) is 0 Å². The van der Waals surface area contributed by atoms with Crippen molar-refractivity contribution in [2.24, 2.45) is 0 Å². The molecule has 0 spiro atoms.